The molecule has 0 aliphatic rings. The quantitative estimate of drug-likeness (QED) is 0.454. The first-order chi connectivity index (χ1) is 7.02. The maximum atomic E-state index is 11.0. The fourth-order valence-corrected chi connectivity index (χ4v) is 1.62. The topological polar surface area (TPSA) is 17.1 Å². The Morgan fingerprint density at radius 2 is 1.80 bits per heavy atom. The average Bonchev–Trinajstić information content (AvgIpc) is 2.21. The van der Waals surface area contributed by atoms with Crippen molar-refractivity contribution >= 4 is 6.29 Å². The van der Waals surface area contributed by atoms with E-state index in [9.17, 15) is 4.79 Å². The number of aldehydes is 1. The van der Waals surface area contributed by atoms with Crippen LogP contribution in [0.25, 0.3) is 0 Å². The lowest BCUT2D eigenvalue weighted by atomic mass is 9.88. The van der Waals surface area contributed by atoms with Crippen LogP contribution >= 0.6 is 0 Å². The molecule has 0 saturated carbocycles. The van der Waals surface area contributed by atoms with Crippen molar-refractivity contribution in [3.8, 4) is 0 Å². The Morgan fingerprint density at radius 3 is 2.20 bits per heavy atom. The van der Waals surface area contributed by atoms with Gasteiger partial charge in [-0.25, -0.2) is 0 Å². The van der Waals surface area contributed by atoms with Gasteiger partial charge in [-0.15, -0.1) is 0 Å². The van der Waals surface area contributed by atoms with Crippen LogP contribution < -0.4 is 0 Å². The van der Waals surface area contributed by atoms with Crippen LogP contribution in [-0.4, -0.2) is 6.29 Å². The van der Waals surface area contributed by atoms with Crippen molar-refractivity contribution in [2.75, 3.05) is 0 Å². The summed E-state index contributed by atoms with van der Waals surface area (Å²) in [7, 11) is 0. The Bertz CT molecular complexity index is 203. The van der Waals surface area contributed by atoms with Gasteiger partial charge in [0.05, 0.1) is 0 Å². The Labute approximate surface area is 95.0 Å². The Hall–Kier alpha value is -0.590. The number of allylic oxidation sites excluding steroid dienone is 2. The minimum absolute atomic E-state index is 0.381. The van der Waals surface area contributed by atoms with Crippen molar-refractivity contribution in [3.63, 3.8) is 0 Å². The number of hydrogen-bond acceptors (Lipinski definition) is 1. The molecule has 2 atom stereocenters. The van der Waals surface area contributed by atoms with Crippen molar-refractivity contribution in [3.05, 3.63) is 11.6 Å². The largest absolute Gasteiger partial charge is 0.298 e. The van der Waals surface area contributed by atoms with Gasteiger partial charge in [-0.05, 0) is 29.7 Å². The lowest BCUT2D eigenvalue weighted by Gasteiger charge is -2.17. The molecule has 0 bridgehead atoms. The van der Waals surface area contributed by atoms with E-state index < -0.39 is 0 Å². The number of unbranched alkanes of at least 4 members (excludes halogenated alkanes) is 1. The van der Waals surface area contributed by atoms with Crippen LogP contribution in [0.4, 0.5) is 0 Å². The molecule has 0 N–H and O–H groups in total. The van der Waals surface area contributed by atoms with E-state index in [1.807, 2.05) is 0 Å². The van der Waals surface area contributed by atoms with E-state index in [0.717, 1.165) is 11.9 Å². The molecule has 1 nitrogen and oxygen atoms in total. The first-order valence-electron chi connectivity index (χ1n) is 6.19. The van der Waals surface area contributed by atoms with Crippen LogP contribution in [0.3, 0.4) is 0 Å². The molecule has 0 fully saturated rings. The first-order valence-corrected chi connectivity index (χ1v) is 6.19. The maximum Gasteiger partial charge on any atom is 0.145 e. The molecule has 0 aliphatic heterocycles. The van der Waals surface area contributed by atoms with Crippen molar-refractivity contribution in [1.29, 1.82) is 0 Å². The highest BCUT2D eigenvalue weighted by Crippen LogP contribution is 2.21. The predicted molar refractivity (Wildman–Crippen MR) is 66.8 cm³/mol. The van der Waals surface area contributed by atoms with Gasteiger partial charge in [0, 0.05) is 0 Å². The van der Waals surface area contributed by atoms with Crippen LogP contribution in [0.15, 0.2) is 11.6 Å². The molecule has 0 heterocycles. The Morgan fingerprint density at radius 1 is 1.20 bits per heavy atom. The van der Waals surface area contributed by atoms with E-state index in [4.69, 9.17) is 0 Å². The fourth-order valence-electron chi connectivity index (χ4n) is 1.62. The molecule has 0 radical (unpaired) electrons. The van der Waals surface area contributed by atoms with E-state index in [0.29, 0.717) is 17.8 Å². The SMILES string of the molecule is CCCCC(C)/C=C(\C=O)C(C)C(C)C. The van der Waals surface area contributed by atoms with Gasteiger partial charge in [-0.2, -0.15) is 0 Å². The molecule has 1 heteroatoms. The van der Waals surface area contributed by atoms with Crippen molar-refractivity contribution in [2.45, 2.75) is 53.9 Å². The van der Waals surface area contributed by atoms with E-state index >= 15 is 0 Å². The molecular weight excluding hydrogens is 184 g/mol. The smallest absolute Gasteiger partial charge is 0.145 e. The summed E-state index contributed by atoms with van der Waals surface area (Å²) in [5.74, 6) is 1.46. The van der Waals surface area contributed by atoms with Gasteiger partial charge in [0.25, 0.3) is 0 Å². The summed E-state index contributed by atoms with van der Waals surface area (Å²) >= 11 is 0. The van der Waals surface area contributed by atoms with Gasteiger partial charge < -0.3 is 0 Å². The van der Waals surface area contributed by atoms with Gasteiger partial charge in [-0.1, -0.05) is 53.5 Å². The second kappa shape index (κ2) is 7.67. The predicted octanol–water partition coefficient (Wildman–Crippen LogP) is 4.23. The molecule has 2 unspecified atom stereocenters. The summed E-state index contributed by atoms with van der Waals surface area (Å²) < 4.78 is 0. The van der Waals surface area contributed by atoms with Gasteiger partial charge in [-0.3, -0.25) is 4.79 Å². The zero-order chi connectivity index (χ0) is 11.8. The third-order valence-electron chi connectivity index (χ3n) is 3.15. The van der Waals surface area contributed by atoms with Gasteiger partial charge in [0.15, 0.2) is 0 Å². The standard InChI is InChI=1S/C14H26O/c1-6-7-8-12(4)9-14(10-15)13(5)11(2)3/h9-13H,6-8H2,1-5H3/b14-9+. The van der Waals surface area contributed by atoms with Crippen molar-refractivity contribution < 1.29 is 4.79 Å². The first kappa shape index (κ1) is 14.4. The average molecular weight is 210 g/mol. The number of carbonyl (C=O) groups is 1. The van der Waals surface area contributed by atoms with Crippen molar-refractivity contribution in [1.82, 2.24) is 0 Å². The molecular formula is C14H26O. The fraction of sp³-hybridized carbons (Fsp3) is 0.786. The Balaban J connectivity index is 4.37. The zero-order valence-corrected chi connectivity index (χ0v) is 10.9. The highest BCUT2D eigenvalue weighted by molar-refractivity contribution is 5.73. The minimum atomic E-state index is 0.381. The lowest BCUT2D eigenvalue weighted by Crippen LogP contribution is -2.09. The molecule has 0 aromatic rings. The van der Waals surface area contributed by atoms with Gasteiger partial charge >= 0.3 is 0 Å². The normalized spacial score (nSPS) is 16.5. The molecule has 0 amide bonds. The molecule has 0 aromatic carbocycles. The van der Waals surface area contributed by atoms with Crippen LogP contribution in [0.1, 0.15) is 53.9 Å². The minimum Gasteiger partial charge on any atom is -0.298 e. The number of rotatable bonds is 7. The summed E-state index contributed by atoms with van der Waals surface area (Å²) in [6.45, 7) is 10.9. The summed E-state index contributed by atoms with van der Waals surface area (Å²) in [6, 6.07) is 0. The second-order valence-corrected chi connectivity index (χ2v) is 4.94. The van der Waals surface area contributed by atoms with Crippen molar-refractivity contribution in [2.24, 2.45) is 17.8 Å². The molecule has 88 valence electrons. The maximum absolute atomic E-state index is 11.0. The molecule has 0 saturated heterocycles. The third kappa shape index (κ3) is 5.76. The van der Waals surface area contributed by atoms with Crippen LogP contribution in [0.5, 0.6) is 0 Å². The van der Waals surface area contributed by atoms with E-state index in [1.165, 1.54) is 19.3 Å². The Kier molecular flexibility index (Phi) is 7.37. The number of hydrogen-bond donors (Lipinski definition) is 0. The second-order valence-electron chi connectivity index (χ2n) is 4.94. The zero-order valence-electron chi connectivity index (χ0n) is 10.9. The molecule has 0 spiro atoms. The van der Waals surface area contributed by atoms with Gasteiger partial charge in [0.2, 0.25) is 0 Å². The summed E-state index contributed by atoms with van der Waals surface area (Å²) in [4.78, 5) is 11.0. The van der Waals surface area contributed by atoms with Crippen LogP contribution in [-0.2, 0) is 4.79 Å². The van der Waals surface area contributed by atoms with Gasteiger partial charge in [0.1, 0.15) is 6.29 Å². The van der Waals surface area contributed by atoms with E-state index in [2.05, 4.69) is 40.7 Å². The third-order valence-corrected chi connectivity index (χ3v) is 3.15. The molecule has 15 heavy (non-hydrogen) atoms. The monoisotopic (exact) mass is 210 g/mol. The van der Waals surface area contributed by atoms with Crippen LogP contribution in [0.2, 0.25) is 0 Å². The van der Waals surface area contributed by atoms with E-state index in [1.54, 1.807) is 0 Å². The van der Waals surface area contributed by atoms with E-state index in [-0.39, 0.29) is 0 Å². The summed E-state index contributed by atoms with van der Waals surface area (Å²) in [6.07, 6.45) is 6.87. The summed E-state index contributed by atoms with van der Waals surface area (Å²) in [5.41, 5.74) is 0.980. The highest BCUT2D eigenvalue weighted by atomic mass is 16.1. The lowest BCUT2D eigenvalue weighted by molar-refractivity contribution is -0.105. The van der Waals surface area contributed by atoms with Crippen LogP contribution in [0, 0.1) is 17.8 Å². The molecule has 0 aromatic heterocycles. The molecule has 0 rings (SSSR count). The summed E-state index contributed by atoms with van der Waals surface area (Å²) in [5, 5.41) is 0. The highest BCUT2D eigenvalue weighted by Gasteiger charge is 2.13. The number of carbonyl (C=O) groups excluding carboxylic acids is 1. The molecule has 0 aliphatic carbocycles.